The number of hydrogen-bond donors (Lipinski definition) is 1. The number of aromatic nitrogens is 2. The van der Waals surface area contributed by atoms with E-state index < -0.39 is 0 Å². The summed E-state index contributed by atoms with van der Waals surface area (Å²) in [6, 6.07) is 21.3. The van der Waals surface area contributed by atoms with E-state index in [4.69, 9.17) is 26.3 Å². The topological polar surface area (TPSA) is 67.4 Å². The van der Waals surface area contributed by atoms with E-state index in [-0.39, 0.29) is 5.91 Å². The smallest absolute Gasteiger partial charge is 0.251 e. The Morgan fingerprint density at radius 2 is 1.54 bits per heavy atom. The number of rotatable bonds is 6. The third-order valence-corrected chi connectivity index (χ3v) is 6.44. The Morgan fingerprint density at radius 3 is 2.23 bits per heavy atom. The van der Waals surface area contributed by atoms with Crippen LogP contribution in [0.15, 0.2) is 66.7 Å². The van der Waals surface area contributed by atoms with Crippen LogP contribution in [0.4, 0.5) is 0 Å². The molecule has 6 nitrogen and oxygen atoms in total. The summed E-state index contributed by atoms with van der Waals surface area (Å²) in [7, 11) is 0. The molecule has 1 N–H and O–H groups in total. The minimum Gasteiger partial charge on any atom is -0.379 e. The number of morpholine rings is 1. The summed E-state index contributed by atoms with van der Waals surface area (Å²) in [5.74, 6) is -0.111. The number of benzene rings is 3. The number of hydrogen-bond acceptors (Lipinski definition) is 5. The minimum atomic E-state index is -0.111. The van der Waals surface area contributed by atoms with Gasteiger partial charge in [0.15, 0.2) is 0 Å². The van der Waals surface area contributed by atoms with Gasteiger partial charge in [0, 0.05) is 47.9 Å². The molecule has 1 aliphatic rings. The van der Waals surface area contributed by atoms with Crippen molar-refractivity contribution in [2.75, 3.05) is 39.4 Å². The van der Waals surface area contributed by atoms with Crippen LogP contribution in [0.3, 0.4) is 0 Å². The Morgan fingerprint density at radius 1 is 0.914 bits per heavy atom. The standard InChI is InChI=1S/C28H27ClN4O2/c1-19-2-4-20(5-3-19)27-26(21-6-9-23(29)10-7-21)31-24-11-8-22(18-25(24)32-27)28(34)30-12-13-33-14-16-35-17-15-33/h2-11,18H,12-17H2,1H3,(H,30,34). The van der Waals surface area contributed by atoms with Gasteiger partial charge in [0.25, 0.3) is 5.91 Å². The van der Waals surface area contributed by atoms with Gasteiger partial charge in [-0.2, -0.15) is 0 Å². The second kappa shape index (κ2) is 10.5. The molecule has 3 aromatic carbocycles. The molecule has 0 radical (unpaired) electrons. The zero-order valence-corrected chi connectivity index (χ0v) is 20.4. The molecule has 7 heteroatoms. The van der Waals surface area contributed by atoms with Crippen molar-refractivity contribution >= 4 is 28.5 Å². The third-order valence-electron chi connectivity index (χ3n) is 6.19. The maximum atomic E-state index is 12.8. The number of ether oxygens (including phenoxy) is 1. The first-order valence-electron chi connectivity index (χ1n) is 11.8. The molecule has 35 heavy (non-hydrogen) atoms. The highest BCUT2D eigenvalue weighted by atomic mass is 35.5. The Labute approximate surface area is 209 Å². The van der Waals surface area contributed by atoms with Gasteiger partial charge in [0.05, 0.1) is 35.6 Å². The molecule has 1 saturated heterocycles. The van der Waals surface area contributed by atoms with Crippen molar-refractivity contribution in [3.63, 3.8) is 0 Å². The normalized spacial score (nSPS) is 14.2. The first-order valence-corrected chi connectivity index (χ1v) is 12.2. The van der Waals surface area contributed by atoms with Gasteiger partial charge in [-0.3, -0.25) is 9.69 Å². The van der Waals surface area contributed by atoms with Gasteiger partial charge in [-0.1, -0.05) is 53.6 Å². The Hall–Kier alpha value is -3.32. The summed E-state index contributed by atoms with van der Waals surface area (Å²) >= 11 is 6.11. The van der Waals surface area contributed by atoms with E-state index in [1.165, 1.54) is 5.56 Å². The van der Waals surface area contributed by atoms with Crippen molar-refractivity contribution in [1.82, 2.24) is 20.2 Å². The molecule has 1 aliphatic heterocycles. The molecule has 0 spiro atoms. The van der Waals surface area contributed by atoms with Crippen molar-refractivity contribution < 1.29 is 9.53 Å². The molecular formula is C28H27ClN4O2. The van der Waals surface area contributed by atoms with Crippen LogP contribution >= 0.6 is 11.6 Å². The molecular weight excluding hydrogens is 460 g/mol. The number of carbonyl (C=O) groups excluding carboxylic acids is 1. The first kappa shape index (κ1) is 23.4. The SMILES string of the molecule is Cc1ccc(-c2nc3cc(C(=O)NCCN4CCOCC4)ccc3nc2-c2ccc(Cl)cc2)cc1. The number of halogens is 1. The van der Waals surface area contributed by atoms with Crippen molar-refractivity contribution in [2.45, 2.75) is 6.92 Å². The number of aryl methyl sites for hydroxylation is 1. The quantitative estimate of drug-likeness (QED) is 0.416. The average molecular weight is 487 g/mol. The lowest BCUT2D eigenvalue weighted by molar-refractivity contribution is 0.0383. The van der Waals surface area contributed by atoms with Crippen molar-refractivity contribution in [3.05, 3.63) is 82.9 Å². The number of fused-ring (bicyclic) bond motifs is 1. The van der Waals surface area contributed by atoms with E-state index in [2.05, 4.69) is 29.3 Å². The maximum Gasteiger partial charge on any atom is 0.251 e. The van der Waals surface area contributed by atoms with Crippen LogP contribution in [0.5, 0.6) is 0 Å². The molecule has 0 unspecified atom stereocenters. The number of nitrogens with one attached hydrogen (secondary N) is 1. The summed E-state index contributed by atoms with van der Waals surface area (Å²) in [5.41, 5.74) is 6.61. The lowest BCUT2D eigenvalue weighted by Crippen LogP contribution is -2.41. The fraction of sp³-hybridized carbons (Fsp3) is 0.250. The Kier molecular flexibility index (Phi) is 7.04. The first-order chi connectivity index (χ1) is 17.1. The zero-order chi connectivity index (χ0) is 24.2. The lowest BCUT2D eigenvalue weighted by atomic mass is 10.0. The van der Waals surface area contributed by atoms with Gasteiger partial charge >= 0.3 is 0 Å². The van der Waals surface area contributed by atoms with Crippen molar-refractivity contribution in [3.8, 4) is 22.5 Å². The van der Waals surface area contributed by atoms with Crippen LogP contribution < -0.4 is 5.32 Å². The fourth-order valence-electron chi connectivity index (χ4n) is 4.17. The maximum absolute atomic E-state index is 12.8. The molecule has 0 saturated carbocycles. The van der Waals surface area contributed by atoms with Crippen LogP contribution in [0.2, 0.25) is 5.02 Å². The van der Waals surface area contributed by atoms with Gasteiger partial charge in [-0.25, -0.2) is 9.97 Å². The third kappa shape index (κ3) is 5.51. The summed E-state index contributed by atoms with van der Waals surface area (Å²) in [6.45, 7) is 6.76. The average Bonchev–Trinajstić information content (AvgIpc) is 2.89. The van der Waals surface area contributed by atoms with E-state index in [0.717, 1.165) is 60.9 Å². The number of nitrogens with zero attached hydrogens (tertiary/aromatic N) is 3. The van der Waals surface area contributed by atoms with Gasteiger partial charge in [-0.15, -0.1) is 0 Å². The minimum absolute atomic E-state index is 0.111. The molecule has 1 fully saturated rings. The Bertz CT molecular complexity index is 1330. The predicted octanol–water partition coefficient (Wildman–Crippen LogP) is 4.99. The van der Waals surface area contributed by atoms with Crippen molar-refractivity contribution in [2.24, 2.45) is 0 Å². The van der Waals surface area contributed by atoms with E-state index >= 15 is 0 Å². The fourth-order valence-corrected chi connectivity index (χ4v) is 4.30. The van der Waals surface area contributed by atoms with Crippen LogP contribution in [0, 0.1) is 6.92 Å². The molecule has 5 rings (SSSR count). The van der Waals surface area contributed by atoms with Crippen LogP contribution in [-0.2, 0) is 4.74 Å². The second-order valence-electron chi connectivity index (χ2n) is 8.71. The van der Waals surface area contributed by atoms with Crippen molar-refractivity contribution in [1.29, 1.82) is 0 Å². The highest BCUT2D eigenvalue weighted by Gasteiger charge is 2.16. The molecule has 1 amide bonds. The van der Waals surface area contributed by atoms with Gasteiger partial charge in [0.1, 0.15) is 0 Å². The van der Waals surface area contributed by atoms with Gasteiger partial charge < -0.3 is 10.1 Å². The highest BCUT2D eigenvalue weighted by Crippen LogP contribution is 2.32. The summed E-state index contributed by atoms with van der Waals surface area (Å²) in [4.78, 5) is 25.0. The molecule has 1 aromatic heterocycles. The predicted molar refractivity (Wildman–Crippen MR) is 140 cm³/mol. The summed E-state index contributed by atoms with van der Waals surface area (Å²) < 4.78 is 5.38. The number of amides is 1. The van der Waals surface area contributed by atoms with E-state index in [0.29, 0.717) is 22.6 Å². The molecule has 178 valence electrons. The Balaban J connectivity index is 1.45. The molecule has 0 atom stereocenters. The van der Waals surface area contributed by atoms with E-state index in [1.807, 2.05) is 48.5 Å². The highest BCUT2D eigenvalue weighted by molar-refractivity contribution is 6.30. The molecule has 0 bridgehead atoms. The van der Waals surface area contributed by atoms with E-state index in [9.17, 15) is 4.79 Å². The molecule has 0 aliphatic carbocycles. The van der Waals surface area contributed by atoms with Crippen LogP contribution in [0.25, 0.3) is 33.5 Å². The van der Waals surface area contributed by atoms with E-state index in [1.54, 1.807) is 6.07 Å². The van der Waals surface area contributed by atoms with Gasteiger partial charge in [0.2, 0.25) is 0 Å². The number of carbonyl (C=O) groups is 1. The zero-order valence-electron chi connectivity index (χ0n) is 19.6. The molecule has 4 aromatic rings. The second-order valence-corrected chi connectivity index (χ2v) is 9.14. The monoisotopic (exact) mass is 486 g/mol. The largest absolute Gasteiger partial charge is 0.379 e. The van der Waals surface area contributed by atoms with Crippen LogP contribution in [0.1, 0.15) is 15.9 Å². The van der Waals surface area contributed by atoms with Crippen LogP contribution in [-0.4, -0.2) is 60.2 Å². The summed E-state index contributed by atoms with van der Waals surface area (Å²) in [6.07, 6.45) is 0. The summed E-state index contributed by atoms with van der Waals surface area (Å²) in [5, 5.41) is 3.69. The van der Waals surface area contributed by atoms with Gasteiger partial charge in [-0.05, 0) is 37.3 Å². The lowest BCUT2D eigenvalue weighted by Gasteiger charge is -2.26. The molecule has 2 heterocycles.